The highest BCUT2D eigenvalue weighted by atomic mass is 32.2. The first-order valence-corrected chi connectivity index (χ1v) is 8.06. The van der Waals surface area contributed by atoms with Crippen LogP contribution in [0.5, 0.6) is 0 Å². The summed E-state index contributed by atoms with van der Waals surface area (Å²) in [5.41, 5.74) is 0. The summed E-state index contributed by atoms with van der Waals surface area (Å²) < 4.78 is 2.14. The largest absolute Gasteiger partial charge is 0.388 e. The SMILES string of the molecule is CCN(CC)C(=S)SCC(O)Cn1c([N+](=O)[O-])cnc1C. The number of nitrogens with zero attached hydrogens (tertiary/aromatic N) is 4. The lowest BCUT2D eigenvalue weighted by molar-refractivity contribution is -0.392. The van der Waals surface area contributed by atoms with Gasteiger partial charge in [-0.25, -0.2) is 9.55 Å². The first kappa shape index (κ1) is 17.9. The van der Waals surface area contributed by atoms with E-state index < -0.39 is 11.0 Å². The Bertz CT molecular complexity index is 503. The summed E-state index contributed by atoms with van der Waals surface area (Å²) in [6.45, 7) is 7.49. The summed E-state index contributed by atoms with van der Waals surface area (Å²) in [6.07, 6.45) is 0.477. The normalized spacial score (nSPS) is 12.2. The Morgan fingerprint density at radius 2 is 2.24 bits per heavy atom. The minimum Gasteiger partial charge on any atom is -0.388 e. The topological polar surface area (TPSA) is 84.4 Å². The summed E-state index contributed by atoms with van der Waals surface area (Å²) in [5.74, 6) is 0.796. The van der Waals surface area contributed by atoms with Gasteiger partial charge in [0.1, 0.15) is 23.2 Å². The molecule has 1 aromatic heterocycles. The number of thiocarbonyl (C=S) groups is 1. The van der Waals surface area contributed by atoms with Crippen molar-refractivity contribution in [3.63, 3.8) is 0 Å². The smallest absolute Gasteiger partial charge is 0.342 e. The fourth-order valence-corrected chi connectivity index (χ4v) is 3.18. The van der Waals surface area contributed by atoms with Crippen molar-refractivity contribution in [1.82, 2.24) is 14.5 Å². The van der Waals surface area contributed by atoms with Gasteiger partial charge in [0.2, 0.25) is 0 Å². The zero-order valence-electron chi connectivity index (χ0n) is 12.4. The van der Waals surface area contributed by atoms with Crippen LogP contribution in [-0.2, 0) is 6.54 Å². The molecule has 1 unspecified atom stereocenters. The van der Waals surface area contributed by atoms with Crippen molar-refractivity contribution in [2.24, 2.45) is 0 Å². The first-order chi connectivity index (χ1) is 9.90. The highest BCUT2D eigenvalue weighted by Crippen LogP contribution is 2.17. The Hall–Kier alpha value is -1.19. The van der Waals surface area contributed by atoms with E-state index in [0.29, 0.717) is 11.6 Å². The number of nitro groups is 1. The van der Waals surface area contributed by atoms with Crippen LogP contribution in [-0.4, -0.2) is 53.7 Å². The molecule has 1 atom stereocenters. The van der Waals surface area contributed by atoms with Crippen LogP contribution >= 0.6 is 24.0 Å². The van der Waals surface area contributed by atoms with Gasteiger partial charge >= 0.3 is 5.82 Å². The number of imidazole rings is 1. The van der Waals surface area contributed by atoms with Crippen LogP contribution in [0.4, 0.5) is 5.82 Å². The van der Waals surface area contributed by atoms with Gasteiger partial charge in [0.15, 0.2) is 5.82 Å². The van der Waals surface area contributed by atoms with Gasteiger partial charge < -0.3 is 20.1 Å². The molecule has 0 fully saturated rings. The van der Waals surface area contributed by atoms with Crippen molar-refractivity contribution in [1.29, 1.82) is 0 Å². The van der Waals surface area contributed by atoms with Gasteiger partial charge in [-0.15, -0.1) is 0 Å². The fraction of sp³-hybridized carbons (Fsp3) is 0.667. The second kappa shape index (κ2) is 8.30. The summed E-state index contributed by atoms with van der Waals surface area (Å²) in [5, 5.41) is 20.9. The van der Waals surface area contributed by atoms with E-state index in [1.165, 1.54) is 22.5 Å². The maximum Gasteiger partial charge on any atom is 0.342 e. The molecule has 0 saturated carbocycles. The van der Waals surface area contributed by atoms with Crippen LogP contribution in [0, 0.1) is 17.0 Å². The number of aryl methyl sites for hydroxylation is 1. The Labute approximate surface area is 133 Å². The van der Waals surface area contributed by atoms with E-state index >= 15 is 0 Å². The van der Waals surface area contributed by atoms with Crippen molar-refractivity contribution in [3.05, 3.63) is 22.1 Å². The molecule has 0 aliphatic rings. The molecule has 118 valence electrons. The Kier molecular flexibility index (Phi) is 7.06. The molecule has 1 N–H and O–H groups in total. The molecular formula is C12H20N4O3S2. The highest BCUT2D eigenvalue weighted by molar-refractivity contribution is 8.22. The second-order valence-corrected chi connectivity index (χ2v) is 6.09. The van der Waals surface area contributed by atoms with Crippen LogP contribution in [0.25, 0.3) is 0 Å². The van der Waals surface area contributed by atoms with E-state index in [1.54, 1.807) is 6.92 Å². The number of aliphatic hydroxyl groups excluding tert-OH is 1. The van der Waals surface area contributed by atoms with Crippen LogP contribution in [0.1, 0.15) is 19.7 Å². The molecule has 0 aromatic carbocycles. The first-order valence-electron chi connectivity index (χ1n) is 6.66. The van der Waals surface area contributed by atoms with Crippen molar-refractivity contribution < 1.29 is 10.0 Å². The molecule has 0 aliphatic carbocycles. The average molecular weight is 332 g/mol. The average Bonchev–Trinajstić information content (AvgIpc) is 2.79. The van der Waals surface area contributed by atoms with Crippen LogP contribution in [0.2, 0.25) is 0 Å². The molecule has 0 saturated heterocycles. The molecular weight excluding hydrogens is 312 g/mol. The second-order valence-electron chi connectivity index (χ2n) is 4.43. The minimum absolute atomic E-state index is 0.108. The van der Waals surface area contributed by atoms with Gasteiger partial charge in [0.05, 0.1) is 0 Å². The molecule has 1 rings (SSSR count). The van der Waals surface area contributed by atoms with Gasteiger partial charge in [-0.3, -0.25) is 0 Å². The molecule has 7 nitrogen and oxygen atoms in total. The highest BCUT2D eigenvalue weighted by Gasteiger charge is 2.21. The van der Waals surface area contributed by atoms with Gasteiger partial charge in [0, 0.05) is 25.8 Å². The lowest BCUT2D eigenvalue weighted by atomic mass is 10.4. The van der Waals surface area contributed by atoms with E-state index in [4.69, 9.17) is 12.2 Å². The lowest BCUT2D eigenvalue weighted by Crippen LogP contribution is -2.28. The van der Waals surface area contributed by atoms with Gasteiger partial charge in [-0.1, -0.05) is 24.0 Å². The van der Waals surface area contributed by atoms with E-state index in [0.717, 1.165) is 17.4 Å². The van der Waals surface area contributed by atoms with Crippen LogP contribution in [0.3, 0.4) is 0 Å². The quantitative estimate of drug-likeness (QED) is 0.463. The molecule has 21 heavy (non-hydrogen) atoms. The summed E-state index contributed by atoms with van der Waals surface area (Å²) in [7, 11) is 0. The molecule has 1 aromatic rings. The Morgan fingerprint density at radius 1 is 1.62 bits per heavy atom. The molecule has 0 aliphatic heterocycles. The number of aliphatic hydroxyl groups is 1. The van der Waals surface area contributed by atoms with Gasteiger partial charge in [0.25, 0.3) is 0 Å². The third kappa shape index (κ3) is 4.94. The number of rotatable bonds is 7. The van der Waals surface area contributed by atoms with E-state index in [-0.39, 0.29) is 12.4 Å². The molecule has 0 bridgehead atoms. The third-order valence-electron chi connectivity index (χ3n) is 3.04. The van der Waals surface area contributed by atoms with E-state index in [1.807, 2.05) is 18.7 Å². The van der Waals surface area contributed by atoms with Crippen LogP contribution in [0.15, 0.2) is 6.20 Å². The Morgan fingerprint density at radius 3 is 2.76 bits per heavy atom. The summed E-state index contributed by atoms with van der Waals surface area (Å²) in [4.78, 5) is 16.3. The Balaban J connectivity index is 2.58. The lowest BCUT2D eigenvalue weighted by Gasteiger charge is -2.21. The fourth-order valence-electron chi connectivity index (χ4n) is 1.83. The number of aromatic nitrogens is 2. The van der Waals surface area contributed by atoms with E-state index in [9.17, 15) is 15.2 Å². The van der Waals surface area contributed by atoms with Gasteiger partial charge in [-0.2, -0.15) is 0 Å². The zero-order valence-corrected chi connectivity index (χ0v) is 14.0. The predicted octanol–water partition coefficient (Wildman–Crippen LogP) is 1.82. The van der Waals surface area contributed by atoms with Crippen molar-refractivity contribution in [2.75, 3.05) is 18.8 Å². The van der Waals surface area contributed by atoms with Crippen LogP contribution < -0.4 is 0 Å². The predicted molar refractivity (Wildman–Crippen MR) is 87.6 cm³/mol. The number of hydrogen-bond acceptors (Lipinski definition) is 6. The van der Waals surface area contributed by atoms with Crippen molar-refractivity contribution in [3.8, 4) is 0 Å². The monoisotopic (exact) mass is 332 g/mol. The maximum absolute atomic E-state index is 10.9. The third-order valence-corrected chi connectivity index (χ3v) is 4.70. The summed E-state index contributed by atoms with van der Waals surface area (Å²) in [6, 6.07) is 0. The van der Waals surface area contributed by atoms with Crippen molar-refractivity contribution >= 4 is 34.1 Å². The minimum atomic E-state index is -0.727. The molecule has 0 spiro atoms. The molecule has 9 heteroatoms. The zero-order chi connectivity index (χ0) is 16.0. The van der Waals surface area contributed by atoms with E-state index in [2.05, 4.69) is 4.98 Å². The standard InChI is InChI=1S/C12H20N4O3S2/c1-4-14(5-2)12(20)21-8-10(17)7-15-9(3)13-6-11(15)16(18)19/h6,10,17H,4-5,7-8H2,1-3H3. The maximum atomic E-state index is 10.9. The molecule has 1 heterocycles. The number of thioether (sulfide) groups is 1. The number of hydrogen-bond donors (Lipinski definition) is 1. The summed E-state index contributed by atoms with van der Waals surface area (Å²) >= 11 is 6.67. The molecule has 0 amide bonds. The molecule has 0 radical (unpaired) electrons. The van der Waals surface area contributed by atoms with Gasteiger partial charge in [-0.05, 0) is 18.8 Å². The van der Waals surface area contributed by atoms with Crippen molar-refractivity contribution in [2.45, 2.75) is 33.4 Å².